The zero-order chi connectivity index (χ0) is 21.5. The lowest BCUT2D eigenvalue weighted by Crippen LogP contribution is -2.14. The summed E-state index contributed by atoms with van der Waals surface area (Å²) < 4.78 is 5.90. The van der Waals surface area contributed by atoms with E-state index >= 15 is 0 Å². The molecular weight excluding hydrogens is 390 g/mol. The van der Waals surface area contributed by atoms with Crippen molar-refractivity contribution >= 4 is 11.8 Å². The summed E-state index contributed by atoms with van der Waals surface area (Å²) in [6.45, 7) is 1.54. The third-order valence-electron chi connectivity index (χ3n) is 5.56. The van der Waals surface area contributed by atoms with Gasteiger partial charge in [0.25, 0.3) is 0 Å². The first-order valence-electron chi connectivity index (χ1n) is 10.7. The highest BCUT2D eigenvalue weighted by molar-refractivity contribution is 5.68. The first kappa shape index (κ1) is 20.8. The number of aromatic nitrogens is 2. The van der Waals surface area contributed by atoms with Crippen LogP contribution in [0.3, 0.4) is 0 Å². The van der Waals surface area contributed by atoms with Crippen LogP contribution in [-0.4, -0.2) is 34.2 Å². The Morgan fingerprint density at radius 1 is 1.16 bits per heavy atom. The molecule has 160 valence electrons. The maximum Gasteiger partial charge on any atom is 0.303 e. The number of nitrogens with one attached hydrogen (secondary N) is 1. The van der Waals surface area contributed by atoms with E-state index in [1.54, 1.807) is 12.4 Å². The number of benzene rings is 1. The fraction of sp³-hybridized carbons (Fsp3) is 0.320. The van der Waals surface area contributed by atoms with E-state index < -0.39 is 5.97 Å². The normalized spacial score (nSPS) is 13.7. The molecular formula is C25H27N3O3. The number of fused-ring (bicyclic) bond motifs is 1. The molecule has 0 bridgehead atoms. The van der Waals surface area contributed by atoms with Crippen LogP contribution in [0.2, 0.25) is 0 Å². The van der Waals surface area contributed by atoms with Crippen molar-refractivity contribution in [3.63, 3.8) is 0 Å². The highest BCUT2D eigenvalue weighted by Gasteiger charge is 2.16. The molecule has 0 spiro atoms. The number of nitrogens with zero attached hydrogens (tertiary/aromatic N) is 2. The van der Waals surface area contributed by atoms with E-state index in [2.05, 4.69) is 22.4 Å². The average molecular weight is 418 g/mol. The van der Waals surface area contributed by atoms with Crippen molar-refractivity contribution in [2.24, 2.45) is 0 Å². The molecule has 6 nitrogen and oxygen atoms in total. The predicted octanol–water partition coefficient (Wildman–Crippen LogP) is 4.26. The summed E-state index contributed by atoms with van der Waals surface area (Å²) in [5.74, 6) is 0.898. The lowest BCUT2D eigenvalue weighted by atomic mass is 9.90. The predicted molar refractivity (Wildman–Crippen MR) is 120 cm³/mol. The number of hydrogen-bond donors (Lipinski definition) is 2. The highest BCUT2D eigenvalue weighted by atomic mass is 16.5. The number of rotatable bonds is 9. The fourth-order valence-electron chi connectivity index (χ4n) is 3.92. The van der Waals surface area contributed by atoms with Gasteiger partial charge in [0.05, 0.1) is 13.0 Å². The topological polar surface area (TPSA) is 84.3 Å². The molecule has 3 heterocycles. The van der Waals surface area contributed by atoms with Gasteiger partial charge in [-0.25, -0.2) is 4.98 Å². The summed E-state index contributed by atoms with van der Waals surface area (Å²) in [6, 6.07) is 15.9. The van der Waals surface area contributed by atoms with Gasteiger partial charge in [-0.05, 0) is 66.1 Å². The molecule has 0 aliphatic carbocycles. The zero-order valence-corrected chi connectivity index (χ0v) is 17.5. The Morgan fingerprint density at radius 2 is 2.03 bits per heavy atom. The van der Waals surface area contributed by atoms with Crippen molar-refractivity contribution in [2.45, 2.75) is 38.0 Å². The van der Waals surface area contributed by atoms with E-state index in [-0.39, 0.29) is 12.3 Å². The SMILES string of the molecule is O=C(O)C[C@H](Cc1ccc(OCCc2ccc3c(n2)NCCC3)cc1)c1cccnc1. The second-order valence-corrected chi connectivity index (χ2v) is 7.87. The molecule has 1 atom stereocenters. The van der Waals surface area contributed by atoms with Crippen LogP contribution in [0.4, 0.5) is 5.82 Å². The minimum atomic E-state index is -0.806. The molecule has 0 unspecified atom stereocenters. The minimum absolute atomic E-state index is 0.0760. The lowest BCUT2D eigenvalue weighted by Gasteiger charge is -2.17. The number of carbonyl (C=O) groups is 1. The van der Waals surface area contributed by atoms with Gasteiger partial charge in [-0.3, -0.25) is 9.78 Å². The number of ether oxygens (including phenoxy) is 1. The summed E-state index contributed by atoms with van der Waals surface area (Å²) in [4.78, 5) is 20.1. The standard InChI is InChI=1S/C25H27N3O3/c29-24(30)16-21(20-4-1-12-26-17-20)15-18-5-9-23(10-6-18)31-14-11-22-8-7-19-3-2-13-27-25(19)28-22/h1,4-10,12,17,21H,2-3,11,13-16H2,(H,27,28)(H,29,30)/t21-/m0/s1. The fourth-order valence-corrected chi connectivity index (χ4v) is 3.92. The third kappa shape index (κ3) is 5.81. The Morgan fingerprint density at radius 3 is 2.81 bits per heavy atom. The van der Waals surface area contributed by atoms with Gasteiger partial charge in [-0.2, -0.15) is 0 Å². The molecule has 4 rings (SSSR count). The number of carboxylic acid groups (broad SMARTS) is 1. The van der Waals surface area contributed by atoms with Crippen LogP contribution < -0.4 is 10.1 Å². The van der Waals surface area contributed by atoms with E-state index in [4.69, 9.17) is 9.72 Å². The van der Waals surface area contributed by atoms with Crippen molar-refractivity contribution in [3.05, 3.63) is 83.3 Å². The molecule has 0 radical (unpaired) electrons. The molecule has 3 aromatic rings. The highest BCUT2D eigenvalue weighted by Crippen LogP contribution is 2.25. The first-order chi connectivity index (χ1) is 15.2. The Kier molecular flexibility index (Phi) is 6.77. The summed E-state index contributed by atoms with van der Waals surface area (Å²) in [7, 11) is 0. The van der Waals surface area contributed by atoms with Crippen molar-refractivity contribution < 1.29 is 14.6 Å². The molecule has 2 N–H and O–H groups in total. The Balaban J connectivity index is 1.32. The van der Waals surface area contributed by atoms with E-state index in [0.717, 1.165) is 54.2 Å². The van der Waals surface area contributed by atoms with Crippen molar-refractivity contribution in [1.82, 2.24) is 9.97 Å². The summed E-state index contributed by atoms with van der Waals surface area (Å²) >= 11 is 0. The molecule has 31 heavy (non-hydrogen) atoms. The molecule has 1 aromatic carbocycles. The number of aliphatic carboxylic acids is 1. The summed E-state index contributed by atoms with van der Waals surface area (Å²) in [6.07, 6.45) is 7.16. The average Bonchev–Trinajstić information content (AvgIpc) is 2.80. The van der Waals surface area contributed by atoms with Gasteiger partial charge in [0.2, 0.25) is 0 Å². The van der Waals surface area contributed by atoms with Gasteiger partial charge in [-0.15, -0.1) is 0 Å². The maximum atomic E-state index is 11.3. The number of pyridine rings is 2. The Hall–Kier alpha value is -3.41. The molecule has 1 aliphatic heterocycles. The Bertz CT molecular complexity index is 1010. The van der Waals surface area contributed by atoms with Gasteiger partial charge in [-0.1, -0.05) is 24.3 Å². The third-order valence-corrected chi connectivity index (χ3v) is 5.56. The van der Waals surface area contributed by atoms with Crippen molar-refractivity contribution in [1.29, 1.82) is 0 Å². The van der Waals surface area contributed by atoms with Crippen LogP contribution in [0.5, 0.6) is 5.75 Å². The summed E-state index contributed by atoms with van der Waals surface area (Å²) in [5.41, 5.74) is 4.33. The minimum Gasteiger partial charge on any atom is -0.493 e. The lowest BCUT2D eigenvalue weighted by molar-refractivity contribution is -0.137. The van der Waals surface area contributed by atoms with Gasteiger partial charge < -0.3 is 15.2 Å². The van der Waals surface area contributed by atoms with Crippen LogP contribution in [0.15, 0.2) is 60.9 Å². The number of hydrogen-bond acceptors (Lipinski definition) is 5. The van der Waals surface area contributed by atoms with Gasteiger partial charge in [0.1, 0.15) is 11.6 Å². The van der Waals surface area contributed by atoms with E-state index in [9.17, 15) is 9.90 Å². The number of anilines is 1. The van der Waals surface area contributed by atoms with Gasteiger partial charge >= 0.3 is 5.97 Å². The van der Waals surface area contributed by atoms with Crippen LogP contribution in [0.1, 0.15) is 41.1 Å². The monoisotopic (exact) mass is 417 g/mol. The molecule has 0 saturated heterocycles. The molecule has 2 aromatic heterocycles. The van der Waals surface area contributed by atoms with Gasteiger partial charge in [0.15, 0.2) is 0 Å². The molecule has 0 fully saturated rings. The molecule has 1 aliphatic rings. The van der Waals surface area contributed by atoms with Crippen LogP contribution >= 0.6 is 0 Å². The number of carboxylic acids is 1. The number of aryl methyl sites for hydroxylation is 1. The van der Waals surface area contributed by atoms with Gasteiger partial charge in [0, 0.05) is 31.1 Å². The van der Waals surface area contributed by atoms with Crippen molar-refractivity contribution in [3.8, 4) is 5.75 Å². The van der Waals surface area contributed by atoms with Crippen LogP contribution in [0, 0.1) is 0 Å². The second-order valence-electron chi connectivity index (χ2n) is 7.87. The second kappa shape index (κ2) is 10.1. The molecule has 0 amide bonds. The van der Waals surface area contributed by atoms with E-state index in [0.29, 0.717) is 13.0 Å². The quantitative estimate of drug-likeness (QED) is 0.541. The largest absolute Gasteiger partial charge is 0.493 e. The smallest absolute Gasteiger partial charge is 0.303 e. The van der Waals surface area contributed by atoms with Crippen LogP contribution in [0.25, 0.3) is 0 Å². The van der Waals surface area contributed by atoms with E-state index in [1.165, 1.54) is 5.56 Å². The van der Waals surface area contributed by atoms with E-state index in [1.807, 2.05) is 36.4 Å². The maximum absolute atomic E-state index is 11.3. The van der Waals surface area contributed by atoms with Crippen LogP contribution in [-0.2, 0) is 24.1 Å². The first-order valence-corrected chi connectivity index (χ1v) is 10.7. The zero-order valence-electron chi connectivity index (χ0n) is 17.5. The summed E-state index contributed by atoms with van der Waals surface area (Å²) in [5, 5.41) is 12.6. The Labute approximate surface area is 182 Å². The molecule has 0 saturated carbocycles. The van der Waals surface area contributed by atoms with Crippen molar-refractivity contribution in [2.75, 3.05) is 18.5 Å². The molecule has 6 heteroatoms.